The molecule has 0 saturated heterocycles. The number of carbonyl (C=O) groups is 4. The maximum Gasteiger partial charge on any atom is 0.161 e. The molecule has 4 aromatic rings. The lowest BCUT2D eigenvalue weighted by Gasteiger charge is -2.19. The lowest BCUT2D eigenvalue weighted by molar-refractivity contribution is 0.0960. The fourth-order valence-electron chi connectivity index (χ4n) is 4.50. The summed E-state index contributed by atoms with van der Waals surface area (Å²) in [4.78, 5) is 50.6. The maximum absolute atomic E-state index is 12.8. The molecule has 0 aliphatic heterocycles. The summed E-state index contributed by atoms with van der Waals surface area (Å²) in [6.07, 6.45) is 0. The summed E-state index contributed by atoms with van der Waals surface area (Å²) >= 11 is 0. The first-order chi connectivity index (χ1) is 14.2. The van der Waals surface area contributed by atoms with Crippen LogP contribution in [0.5, 0.6) is 0 Å². The first kappa shape index (κ1) is 19.6. The van der Waals surface area contributed by atoms with Gasteiger partial charge in [0.2, 0.25) is 0 Å². The molecule has 30 heavy (non-hydrogen) atoms. The van der Waals surface area contributed by atoms with Crippen LogP contribution in [0.4, 0.5) is 0 Å². The van der Waals surface area contributed by atoms with Crippen LogP contribution >= 0.6 is 0 Å². The van der Waals surface area contributed by atoms with E-state index in [9.17, 15) is 19.2 Å². The molecular weight excluding hydrogens is 376 g/mol. The molecule has 0 fully saturated rings. The largest absolute Gasteiger partial charge is 0.294 e. The van der Waals surface area contributed by atoms with Crippen molar-refractivity contribution in [2.75, 3.05) is 0 Å². The highest BCUT2D eigenvalue weighted by Gasteiger charge is 2.29. The Labute approximate surface area is 173 Å². The molecule has 0 spiro atoms. The van der Waals surface area contributed by atoms with E-state index in [2.05, 4.69) is 0 Å². The molecule has 0 aliphatic carbocycles. The van der Waals surface area contributed by atoms with E-state index >= 15 is 0 Å². The van der Waals surface area contributed by atoms with Crippen LogP contribution < -0.4 is 0 Å². The van der Waals surface area contributed by atoms with Gasteiger partial charge in [-0.3, -0.25) is 19.2 Å². The second-order valence-corrected chi connectivity index (χ2v) is 7.59. The summed E-state index contributed by atoms with van der Waals surface area (Å²) < 4.78 is 0. The molecule has 0 heterocycles. The number of benzene rings is 4. The SMILES string of the molecule is CC(=O)c1c(C(C)=O)c(C(C)=O)c2c(ccc3c4ccccc4ccc32)c1C(C)=O. The Balaban J connectivity index is 2.42. The van der Waals surface area contributed by atoms with E-state index in [0.29, 0.717) is 10.8 Å². The molecule has 0 aliphatic rings. The Kier molecular flexibility index (Phi) is 4.58. The Morgan fingerprint density at radius 2 is 0.967 bits per heavy atom. The maximum atomic E-state index is 12.8. The van der Waals surface area contributed by atoms with Gasteiger partial charge < -0.3 is 0 Å². The molecule has 0 saturated carbocycles. The molecule has 0 unspecified atom stereocenters. The van der Waals surface area contributed by atoms with Gasteiger partial charge in [-0.05, 0) is 54.6 Å². The van der Waals surface area contributed by atoms with Crippen molar-refractivity contribution in [3.63, 3.8) is 0 Å². The van der Waals surface area contributed by atoms with Crippen LogP contribution in [0.2, 0.25) is 0 Å². The molecule has 0 bridgehead atoms. The minimum atomic E-state index is -0.410. The van der Waals surface area contributed by atoms with Gasteiger partial charge in [0.05, 0.1) is 0 Å². The molecule has 0 atom stereocenters. The molecule has 148 valence electrons. The highest BCUT2D eigenvalue weighted by molar-refractivity contribution is 6.32. The fourth-order valence-corrected chi connectivity index (χ4v) is 4.50. The zero-order valence-corrected chi connectivity index (χ0v) is 17.3. The molecule has 0 aromatic heterocycles. The molecular formula is C26H20O4. The van der Waals surface area contributed by atoms with Gasteiger partial charge in [0.25, 0.3) is 0 Å². The quantitative estimate of drug-likeness (QED) is 0.315. The summed E-state index contributed by atoms with van der Waals surface area (Å²) in [7, 11) is 0. The average molecular weight is 396 g/mol. The van der Waals surface area contributed by atoms with E-state index in [1.165, 1.54) is 27.7 Å². The Morgan fingerprint density at radius 3 is 1.57 bits per heavy atom. The summed E-state index contributed by atoms with van der Waals surface area (Å²) in [6, 6.07) is 15.5. The van der Waals surface area contributed by atoms with E-state index in [1.54, 1.807) is 6.07 Å². The van der Waals surface area contributed by atoms with Crippen molar-refractivity contribution in [2.45, 2.75) is 27.7 Å². The molecule has 4 rings (SSSR count). The predicted molar refractivity (Wildman–Crippen MR) is 119 cm³/mol. The number of fused-ring (bicyclic) bond motifs is 5. The third-order valence-corrected chi connectivity index (χ3v) is 5.60. The second kappa shape index (κ2) is 6.99. The van der Waals surface area contributed by atoms with Crippen LogP contribution in [0.25, 0.3) is 32.3 Å². The van der Waals surface area contributed by atoms with Crippen LogP contribution in [0.3, 0.4) is 0 Å². The number of rotatable bonds is 4. The zero-order chi connectivity index (χ0) is 21.7. The summed E-state index contributed by atoms with van der Waals surface area (Å²) in [5.74, 6) is -1.45. The van der Waals surface area contributed by atoms with Crippen LogP contribution in [-0.2, 0) is 0 Å². The van der Waals surface area contributed by atoms with Gasteiger partial charge in [-0.1, -0.05) is 48.5 Å². The number of hydrogen-bond acceptors (Lipinski definition) is 4. The highest BCUT2D eigenvalue weighted by Crippen LogP contribution is 2.39. The molecule has 0 radical (unpaired) electrons. The van der Waals surface area contributed by atoms with E-state index in [0.717, 1.165) is 21.5 Å². The topological polar surface area (TPSA) is 68.3 Å². The summed E-state index contributed by atoms with van der Waals surface area (Å²) in [6.45, 7) is 5.41. The lowest BCUT2D eigenvalue weighted by atomic mass is 9.81. The van der Waals surface area contributed by atoms with Crippen molar-refractivity contribution >= 4 is 55.5 Å². The molecule has 4 heteroatoms. The highest BCUT2D eigenvalue weighted by atomic mass is 16.1. The van der Waals surface area contributed by atoms with Crippen LogP contribution in [-0.4, -0.2) is 23.1 Å². The second-order valence-electron chi connectivity index (χ2n) is 7.59. The smallest absolute Gasteiger partial charge is 0.161 e. The molecule has 4 nitrogen and oxygen atoms in total. The third kappa shape index (κ3) is 2.76. The van der Waals surface area contributed by atoms with E-state index < -0.39 is 11.6 Å². The van der Waals surface area contributed by atoms with Crippen LogP contribution in [0.1, 0.15) is 69.1 Å². The van der Waals surface area contributed by atoms with Gasteiger partial charge in [-0.25, -0.2) is 0 Å². The minimum absolute atomic E-state index is 0.0350. The number of carbonyl (C=O) groups excluding carboxylic acids is 4. The lowest BCUT2D eigenvalue weighted by Crippen LogP contribution is -2.17. The normalized spacial score (nSPS) is 11.2. The fraction of sp³-hybridized carbons (Fsp3) is 0.154. The Bertz CT molecular complexity index is 1440. The summed E-state index contributed by atoms with van der Waals surface area (Å²) in [5, 5.41) is 4.82. The molecule has 0 amide bonds. The predicted octanol–water partition coefficient (Wildman–Crippen LogP) is 5.96. The van der Waals surface area contributed by atoms with E-state index in [-0.39, 0.29) is 33.8 Å². The first-order valence-corrected chi connectivity index (χ1v) is 9.72. The number of Topliss-reactive ketones (excluding diaryl/α,β-unsaturated/α-hetero) is 4. The van der Waals surface area contributed by atoms with Crippen molar-refractivity contribution < 1.29 is 19.2 Å². The van der Waals surface area contributed by atoms with Crippen molar-refractivity contribution in [2.24, 2.45) is 0 Å². The zero-order valence-electron chi connectivity index (χ0n) is 17.3. The van der Waals surface area contributed by atoms with Gasteiger partial charge in [-0.15, -0.1) is 0 Å². The van der Waals surface area contributed by atoms with E-state index in [4.69, 9.17) is 0 Å². The van der Waals surface area contributed by atoms with Gasteiger partial charge in [0.1, 0.15) is 0 Å². The monoisotopic (exact) mass is 396 g/mol. The molecule has 4 aromatic carbocycles. The number of ketones is 4. The van der Waals surface area contributed by atoms with Crippen LogP contribution in [0, 0.1) is 0 Å². The minimum Gasteiger partial charge on any atom is -0.294 e. The van der Waals surface area contributed by atoms with Gasteiger partial charge in [0.15, 0.2) is 23.1 Å². The average Bonchev–Trinajstić information content (AvgIpc) is 2.70. The summed E-state index contributed by atoms with van der Waals surface area (Å²) in [5.41, 5.74) is 0.470. The van der Waals surface area contributed by atoms with Gasteiger partial charge in [-0.2, -0.15) is 0 Å². The Morgan fingerprint density at radius 1 is 0.467 bits per heavy atom. The third-order valence-electron chi connectivity index (χ3n) is 5.60. The van der Waals surface area contributed by atoms with Crippen molar-refractivity contribution in [1.82, 2.24) is 0 Å². The number of hydrogen-bond donors (Lipinski definition) is 0. The van der Waals surface area contributed by atoms with Gasteiger partial charge >= 0.3 is 0 Å². The van der Waals surface area contributed by atoms with E-state index in [1.807, 2.05) is 42.5 Å². The molecule has 0 N–H and O–H groups in total. The van der Waals surface area contributed by atoms with Crippen molar-refractivity contribution in [3.8, 4) is 0 Å². The van der Waals surface area contributed by atoms with Crippen molar-refractivity contribution in [3.05, 3.63) is 70.8 Å². The first-order valence-electron chi connectivity index (χ1n) is 9.72. The Hall–Kier alpha value is -3.66. The van der Waals surface area contributed by atoms with Crippen molar-refractivity contribution in [1.29, 1.82) is 0 Å². The van der Waals surface area contributed by atoms with Gasteiger partial charge in [0, 0.05) is 27.6 Å². The standard InChI is InChI=1S/C26H20O4/c1-13(27)22-21-12-11-19-18-8-6-5-7-17(18)9-10-20(19)26(21)25(16(4)30)24(15(3)29)23(22)14(2)28/h5-12H,1-4H3. The van der Waals surface area contributed by atoms with Crippen LogP contribution in [0.15, 0.2) is 48.5 Å².